The molecule has 0 saturated carbocycles. The third-order valence-corrected chi connectivity index (χ3v) is 3.37. The highest BCUT2D eigenvalue weighted by molar-refractivity contribution is 5.92. The lowest BCUT2D eigenvalue weighted by atomic mass is 9.99. The van der Waals surface area contributed by atoms with E-state index >= 15 is 0 Å². The smallest absolute Gasteiger partial charge is 0.245 e. The molecule has 1 aliphatic rings. The van der Waals surface area contributed by atoms with Crippen molar-refractivity contribution in [3.8, 4) is 0 Å². The fraction of sp³-hybridized carbons (Fsp3) is 0.833. The van der Waals surface area contributed by atoms with Gasteiger partial charge in [0.25, 0.3) is 0 Å². The van der Waals surface area contributed by atoms with Crippen LogP contribution in [0.1, 0.15) is 34.1 Å². The topological polar surface area (TPSA) is 61.4 Å². The van der Waals surface area contributed by atoms with E-state index in [4.69, 9.17) is 0 Å². The monoisotopic (exact) mass is 241 g/mol. The molecule has 1 saturated heterocycles. The van der Waals surface area contributed by atoms with Crippen LogP contribution >= 0.6 is 0 Å². The van der Waals surface area contributed by atoms with Gasteiger partial charge in [-0.05, 0) is 27.2 Å². The highest BCUT2D eigenvalue weighted by Gasteiger charge is 2.39. The summed E-state index contributed by atoms with van der Waals surface area (Å²) in [4.78, 5) is 25.4. The highest BCUT2D eigenvalue weighted by atomic mass is 16.2. The number of rotatable bonds is 4. The second kappa shape index (κ2) is 5.49. The van der Waals surface area contributed by atoms with Gasteiger partial charge in [-0.1, -0.05) is 6.92 Å². The summed E-state index contributed by atoms with van der Waals surface area (Å²) in [7, 11) is 0. The normalized spacial score (nSPS) is 20.9. The van der Waals surface area contributed by atoms with Crippen LogP contribution in [0.2, 0.25) is 0 Å². The number of piperazine rings is 1. The quantitative estimate of drug-likeness (QED) is 0.734. The molecule has 98 valence electrons. The Hall–Kier alpha value is -1.10. The van der Waals surface area contributed by atoms with E-state index in [2.05, 4.69) is 17.6 Å². The number of nitrogens with zero attached hydrogens (tertiary/aromatic N) is 1. The Morgan fingerprint density at radius 1 is 1.59 bits per heavy atom. The van der Waals surface area contributed by atoms with Crippen LogP contribution in [0.4, 0.5) is 0 Å². The molecule has 5 nitrogen and oxygen atoms in total. The highest BCUT2D eigenvalue weighted by Crippen LogP contribution is 2.17. The van der Waals surface area contributed by atoms with Crippen LogP contribution in [0.15, 0.2) is 0 Å². The van der Waals surface area contributed by atoms with Gasteiger partial charge in [-0.25, -0.2) is 0 Å². The van der Waals surface area contributed by atoms with E-state index in [-0.39, 0.29) is 11.8 Å². The van der Waals surface area contributed by atoms with Crippen LogP contribution in [0.25, 0.3) is 0 Å². The number of nitrogens with one attached hydrogen (secondary N) is 2. The first-order valence-electron chi connectivity index (χ1n) is 6.21. The average Bonchev–Trinajstić information content (AvgIpc) is 2.29. The third-order valence-electron chi connectivity index (χ3n) is 3.37. The van der Waals surface area contributed by atoms with Gasteiger partial charge < -0.3 is 15.5 Å². The molecule has 0 spiro atoms. The molecule has 1 rings (SSSR count). The predicted molar refractivity (Wildman–Crippen MR) is 66.6 cm³/mol. The molecule has 17 heavy (non-hydrogen) atoms. The molecule has 1 aliphatic heterocycles. The van der Waals surface area contributed by atoms with E-state index in [1.807, 2.05) is 6.92 Å². The lowest BCUT2D eigenvalue weighted by Crippen LogP contribution is -2.64. The Bertz CT molecular complexity index is 302. The van der Waals surface area contributed by atoms with Gasteiger partial charge in [-0.2, -0.15) is 0 Å². The fourth-order valence-electron chi connectivity index (χ4n) is 1.84. The second-order valence-electron chi connectivity index (χ2n) is 5.05. The molecule has 5 heteroatoms. The van der Waals surface area contributed by atoms with Gasteiger partial charge in [0.1, 0.15) is 5.54 Å². The molecule has 0 aromatic carbocycles. The number of carbonyl (C=O) groups is 2. The summed E-state index contributed by atoms with van der Waals surface area (Å²) in [6.07, 6.45) is 0.983. The lowest BCUT2D eigenvalue weighted by Gasteiger charge is -2.41. The van der Waals surface area contributed by atoms with Crippen molar-refractivity contribution < 1.29 is 9.59 Å². The van der Waals surface area contributed by atoms with Crippen molar-refractivity contribution in [2.45, 2.75) is 45.7 Å². The Balaban J connectivity index is 2.58. The Labute approximate surface area is 103 Å². The minimum atomic E-state index is -0.744. The van der Waals surface area contributed by atoms with Crippen molar-refractivity contribution in [3.63, 3.8) is 0 Å². The van der Waals surface area contributed by atoms with E-state index < -0.39 is 5.54 Å². The van der Waals surface area contributed by atoms with Crippen LogP contribution in [0.5, 0.6) is 0 Å². The zero-order chi connectivity index (χ0) is 13.1. The van der Waals surface area contributed by atoms with Crippen LogP contribution < -0.4 is 10.6 Å². The Morgan fingerprint density at radius 3 is 2.82 bits per heavy atom. The van der Waals surface area contributed by atoms with Crippen molar-refractivity contribution in [2.75, 3.05) is 19.6 Å². The summed E-state index contributed by atoms with van der Waals surface area (Å²) in [5.74, 6) is -0.0919. The molecule has 1 atom stereocenters. The van der Waals surface area contributed by atoms with Crippen LogP contribution in [-0.2, 0) is 9.59 Å². The summed E-state index contributed by atoms with van der Waals surface area (Å²) in [6, 6.07) is 0.320. The molecule has 2 N–H and O–H groups in total. The predicted octanol–water partition coefficient (Wildman–Crippen LogP) is 0.112. The maximum atomic E-state index is 12.1. The first-order chi connectivity index (χ1) is 7.89. The maximum Gasteiger partial charge on any atom is 0.245 e. The van der Waals surface area contributed by atoms with Crippen LogP contribution in [-0.4, -0.2) is 47.9 Å². The van der Waals surface area contributed by atoms with E-state index in [1.54, 1.807) is 18.7 Å². The van der Waals surface area contributed by atoms with E-state index in [1.165, 1.54) is 0 Å². The Kier molecular flexibility index (Phi) is 4.51. The van der Waals surface area contributed by atoms with E-state index in [9.17, 15) is 9.59 Å². The fourth-order valence-corrected chi connectivity index (χ4v) is 1.84. The number of amides is 2. The van der Waals surface area contributed by atoms with Crippen LogP contribution in [0, 0.1) is 0 Å². The van der Waals surface area contributed by atoms with Crippen LogP contribution in [0.3, 0.4) is 0 Å². The van der Waals surface area contributed by atoms with E-state index in [0.29, 0.717) is 25.7 Å². The lowest BCUT2D eigenvalue weighted by molar-refractivity contribution is -0.148. The standard InChI is InChI=1S/C12H23N3O2/c1-5-9(2)14-8-10(16)15-7-6-13-11(17)12(15,3)4/h9,14H,5-8H2,1-4H3,(H,13,17). The number of hydrogen-bond acceptors (Lipinski definition) is 3. The zero-order valence-electron chi connectivity index (χ0n) is 11.2. The molecule has 1 fully saturated rings. The third kappa shape index (κ3) is 3.19. The SMILES string of the molecule is CCC(C)NCC(=O)N1CCNC(=O)C1(C)C. The largest absolute Gasteiger partial charge is 0.352 e. The average molecular weight is 241 g/mol. The molecule has 0 aromatic rings. The minimum absolute atomic E-state index is 0.00912. The van der Waals surface area contributed by atoms with Crippen molar-refractivity contribution in [3.05, 3.63) is 0 Å². The molecule has 0 aromatic heterocycles. The number of hydrogen-bond donors (Lipinski definition) is 2. The second-order valence-corrected chi connectivity index (χ2v) is 5.05. The van der Waals surface area contributed by atoms with Gasteiger partial charge in [0.15, 0.2) is 0 Å². The van der Waals surface area contributed by atoms with Gasteiger partial charge in [-0.3, -0.25) is 9.59 Å². The van der Waals surface area contributed by atoms with Crippen molar-refractivity contribution in [1.82, 2.24) is 15.5 Å². The Morgan fingerprint density at radius 2 is 2.24 bits per heavy atom. The molecule has 1 heterocycles. The van der Waals surface area contributed by atoms with E-state index in [0.717, 1.165) is 6.42 Å². The minimum Gasteiger partial charge on any atom is -0.352 e. The first kappa shape index (κ1) is 14.0. The molecular formula is C12H23N3O2. The molecular weight excluding hydrogens is 218 g/mol. The molecule has 0 bridgehead atoms. The molecule has 1 unspecified atom stereocenters. The van der Waals surface area contributed by atoms with Crippen molar-refractivity contribution in [2.24, 2.45) is 0 Å². The molecule has 0 radical (unpaired) electrons. The maximum absolute atomic E-state index is 12.1. The van der Waals surface area contributed by atoms with Gasteiger partial charge >= 0.3 is 0 Å². The molecule has 0 aliphatic carbocycles. The zero-order valence-corrected chi connectivity index (χ0v) is 11.2. The molecule has 2 amide bonds. The van der Waals surface area contributed by atoms with Gasteiger partial charge in [0, 0.05) is 19.1 Å². The van der Waals surface area contributed by atoms with Crippen molar-refractivity contribution in [1.29, 1.82) is 0 Å². The summed E-state index contributed by atoms with van der Waals surface area (Å²) >= 11 is 0. The summed E-state index contributed by atoms with van der Waals surface area (Å²) < 4.78 is 0. The van der Waals surface area contributed by atoms with Gasteiger partial charge in [-0.15, -0.1) is 0 Å². The summed E-state index contributed by atoms with van der Waals surface area (Å²) in [6.45, 7) is 9.09. The number of carbonyl (C=O) groups excluding carboxylic acids is 2. The van der Waals surface area contributed by atoms with Gasteiger partial charge in [0.2, 0.25) is 11.8 Å². The summed E-state index contributed by atoms with van der Waals surface area (Å²) in [5.41, 5.74) is -0.744. The van der Waals surface area contributed by atoms with Crippen molar-refractivity contribution >= 4 is 11.8 Å². The summed E-state index contributed by atoms with van der Waals surface area (Å²) in [5, 5.41) is 5.94. The first-order valence-corrected chi connectivity index (χ1v) is 6.21. The van der Waals surface area contributed by atoms with Gasteiger partial charge in [0.05, 0.1) is 6.54 Å².